The molecule has 1 N–H and O–H groups in total. The fraction of sp³-hybridized carbons (Fsp3) is 0.714. The van der Waals surface area contributed by atoms with Gasteiger partial charge in [0.1, 0.15) is 5.60 Å². The van der Waals surface area contributed by atoms with Crippen molar-refractivity contribution in [2.24, 2.45) is 5.92 Å². The minimum Gasteiger partial charge on any atom is -0.466 e. The number of carbonyl (C=O) groups excluding carboxylic acids is 2. The summed E-state index contributed by atoms with van der Waals surface area (Å²) in [4.78, 5) is 23.9. The number of allylic oxidation sites excluding steroid dienone is 1. The van der Waals surface area contributed by atoms with Crippen molar-refractivity contribution in [2.75, 3.05) is 13.7 Å². The first-order valence-corrected chi connectivity index (χ1v) is 9.44. The predicted octanol–water partition coefficient (Wildman–Crippen LogP) is 3.75. The number of carbonyl (C=O) groups is 2. The van der Waals surface area contributed by atoms with Gasteiger partial charge in [-0.05, 0) is 64.4 Å². The molecule has 0 radical (unpaired) electrons. The molecule has 0 amide bonds. The minimum absolute atomic E-state index is 0.0727. The van der Waals surface area contributed by atoms with Crippen LogP contribution >= 0.6 is 0 Å². The molecular formula is C21H34O5. The fourth-order valence-corrected chi connectivity index (χ4v) is 3.04. The molecule has 1 aliphatic heterocycles. The molecule has 1 saturated heterocycles. The number of hydrogen-bond acceptors (Lipinski definition) is 5. The van der Waals surface area contributed by atoms with Gasteiger partial charge in [-0.15, -0.1) is 0 Å². The van der Waals surface area contributed by atoms with Crippen LogP contribution in [-0.4, -0.2) is 42.3 Å². The van der Waals surface area contributed by atoms with Gasteiger partial charge >= 0.3 is 5.97 Å². The molecule has 148 valence electrons. The molecule has 0 bridgehead atoms. The molecule has 1 fully saturated rings. The highest BCUT2D eigenvalue weighted by atomic mass is 16.5. The molecule has 1 rings (SSSR count). The molecule has 0 spiro atoms. The van der Waals surface area contributed by atoms with E-state index < -0.39 is 11.6 Å². The van der Waals surface area contributed by atoms with Crippen molar-refractivity contribution >= 4 is 11.8 Å². The monoisotopic (exact) mass is 366 g/mol. The number of aliphatic hydroxyl groups is 1. The summed E-state index contributed by atoms with van der Waals surface area (Å²) in [5, 5.41) is 10.2. The van der Waals surface area contributed by atoms with E-state index in [1.807, 2.05) is 27.7 Å². The minimum atomic E-state index is -0.823. The van der Waals surface area contributed by atoms with E-state index >= 15 is 0 Å². The Morgan fingerprint density at radius 1 is 1.38 bits per heavy atom. The number of rotatable bonds is 8. The normalized spacial score (nSPS) is 24.7. The summed E-state index contributed by atoms with van der Waals surface area (Å²) in [6.45, 7) is 8.20. The molecule has 0 saturated carbocycles. The average molecular weight is 366 g/mol. The zero-order valence-electron chi connectivity index (χ0n) is 16.8. The van der Waals surface area contributed by atoms with Crippen LogP contribution in [0.25, 0.3) is 0 Å². The van der Waals surface area contributed by atoms with Gasteiger partial charge in [0.15, 0.2) is 5.78 Å². The molecule has 0 aromatic heterocycles. The lowest BCUT2D eigenvalue weighted by molar-refractivity contribution is -0.140. The summed E-state index contributed by atoms with van der Waals surface area (Å²) < 4.78 is 10.5. The third kappa shape index (κ3) is 7.42. The van der Waals surface area contributed by atoms with Gasteiger partial charge in [-0.25, -0.2) is 4.79 Å². The van der Waals surface area contributed by atoms with E-state index in [0.717, 1.165) is 18.4 Å². The standard InChI is InChI=1S/C21H34O5/c1-15(2)8-10-18(22)16(3)7-6-12-21(4)19(23)11-9-17(14-26-21)13-20(24)25-5/h8,13,16,18,22H,6-7,9-12,14H2,1-5H3/b17-13+/t16?,18?,21-/m0/s1. The molecule has 26 heavy (non-hydrogen) atoms. The van der Waals surface area contributed by atoms with Crippen molar-refractivity contribution in [1.29, 1.82) is 0 Å². The van der Waals surface area contributed by atoms with E-state index in [4.69, 9.17) is 4.74 Å². The van der Waals surface area contributed by atoms with Crippen LogP contribution in [0, 0.1) is 5.92 Å². The van der Waals surface area contributed by atoms with Gasteiger partial charge in [0, 0.05) is 12.5 Å². The maximum absolute atomic E-state index is 12.5. The Bertz CT molecular complexity index is 545. The molecule has 5 heteroatoms. The van der Waals surface area contributed by atoms with Crippen LogP contribution < -0.4 is 0 Å². The number of esters is 1. The number of hydrogen-bond donors (Lipinski definition) is 1. The number of methoxy groups -OCH3 is 1. The molecular weight excluding hydrogens is 332 g/mol. The Morgan fingerprint density at radius 3 is 2.69 bits per heavy atom. The van der Waals surface area contributed by atoms with Gasteiger partial charge in [0.05, 0.1) is 19.8 Å². The van der Waals surface area contributed by atoms with E-state index in [2.05, 4.69) is 10.8 Å². The van der Waals surface area contributed by atoms with Crippen LogP contribution in [0.15, 0.2) is 23.3 Å². The van der Waals surface area contributed by atoms with Crippen molar-refractivity contribution in [1.82, 2.24) is 0 Å². The summed E-state index contributed by atoms with van der Waals surface area (Å²) in [7, 11) is 1.33. The molecule has 1 aliphatic rings. The Hall–Kier alpha value is -1.46. The lowest BCUT2D eigenvalue weighted by atomic mass is 9.88. The van der Waals surface area contributed by atoms with Crippen LogP contribution in [0.1, 0.15) is 66.2 Å². The Morgan fingerprint density at radius 2 is 2.08 bits per heavy atom. The van der Waals surface area contributed by atoms with E-state index in [-0.39, 0.29) is 24.4 Å². The van der Waals surface area contributed by atoms with Crippen molar-refractivity contribution < 1.29 is 24.2 Å². The summed E-state index contributed by atoms with van der Waals surface area (Å²) in [5.74, 6) is -0.174. The van der Waals surface area contributed by atoms with Crippen LogP contribution in [0.2, 0.25) is 0 Å². The van der Waals surface area contributed by atoms with Crippen molar-refractivity contribution in [3.05, 3.63) is 23.3 Å². The SMILES string of the molecule is COC(=O)/C=C1\CCC(=O)[C@](C)(CCCC(C)C(O)CC=C(C)C)OC1. The maximum Gasteiger partial charge on any atom is 0.330 e. The first kappa shape index (κ1) is 22.6. The summed E-state index contributed by atoms with van der Waals surface area (Å²) >= 11 is 0. The second-order valence-corrected chi connectivity index (χ2v) is 7.72. The van der Waals surface area contributed by atoms with Gasteiger partial charge in [-0.1, -0.05) is 18.6 Å². The average Bonchev–Trinajstić information content (AvgIpc) is 2.73. The second-order valence-electron chi connectivity index (χ2n) is 7.72. The lowest BCUT2D eigenvalue weighted by Crippen LogP contribution is -2.37. The van der Waals surface area contributed by atoms with Crippen molar-refractivity contribution in [2.45, 2.75) is 77.9 Å². The molecule has 0 aromatic carbocycles. The Kier molecular flexibility index (Phi) is 9.23. The van der Waals surface area contributed by atoms with Crippen molar-refractivity contribution in [3.8, 4) is 0 Å². The molecule has 3 atom stereocenters. The van der Waals surface area contributed by atoms with Gasteiger partial charge in [-0.2, -0.15) is 0 Å². The highest BCUT2D eigenvalue weighted by molar-refractivity contribution is 5.88. The lowest BCUT2D eigenvalue weighted by Gasteiger charge is -2.27. The van der Waals surface area contributed by atoms with Gasteiger partial charge in [-0.3, -0.25) is 4.79 Å². The predicted molar refractivity (Wildman–Crippen MR) is 102 cm³/mol. The summed E-state index contributed by atoms with van der Waals surface area (Å²) in [5.41, 5.74) is 1.17. The zero-order chi connectivity index (χ0) is 19.7. The molecule has 5 nitrogen and oxygen atoms in total. The van der Waals surface area contributed by atoms with E-state index in [9.17, 15) is 14.7 Å². The topological polar surface area (TPSA) is 72.8 Å². The molecule has 1 heterocycles. The Labute approximate surface area is 157 Å². The van der Waals surface area contributed by atoms with Gasteiger partial charge < -0.3 is 14.6 Å². The number of Topliss-reactive ketones (excluding diaryl/α,β-unsaturated/α-hetero) is 1. The summed E-state index contributed by atoms with van der Waals surface area (Å²) in [6.07, 6.45) is 6.95. The highest BCUT2D eigenvalue weighted by Crippen LogP contribution is 2.29. The number of ether oxygens (including phenoxy) is 2. The zero-order valence-corrected chi connectivity index (χ0v) is 16.8. The molecule has 0 aromatic rings. The first-order chi connectivity index (χ1) is 12.2. The quantitative estimate of drug-likeness (QED) is 0.402. The fourth-order valence-electron chi connectivity index (χ4n) is 3.04. The van der Waals surface area contributed by atoms with E-state index in [1.54, 1.807) is 0 Å². The van der Waals surface area contributed by atoms with Crippen LogP contribution in [-0.2, 0) is 19.1 Å². The van der Waals surface area contributed by atoms with E-state index in [0.29, 0.717) is 25.7 Å². The number of ketones is 1. The van der Waals surface area contributed by atoms with Gasteiger partial charge in [0.2, 0.25) is 0 Å². The van der Waals surface area contributed by atoms with Crippen molar-refractivity contribution in [3.63, 3.8) is 0 Å². The molecule has 0 aliphatic carbocycles. The van der Waals surface area contributed by atoms with Gasteiger partial charge in [0.25, 0.3) is 0 Å². The van der Waals surface area contributed by atoms with E-state index in [1.165, 1.54) is 18.8 Å². The highest BCUT2D eigenvalue weighted by Gasteiger charge is 2.35. The first-order valence-electron chi connectivity index (χ1n) is 9.44. The summed E-state index contributed by atoms with van der Waals surface area (Å²) in [6, 6.07) is 0. The second kappa shape index (κ2) is 10.6. The van der Waals surface area contributed by atoms with Crippen LogP contribution in [0.3, 0.4) is 0 Å². The third-order valence-corrected chi connectivity index (χ3v) is 5.10. The molecule has 2 unspecified atom stereocenters. The largest absolute Gasteiger partial charge is 0.466 e. The maximum atomic E-state index is 12.5. The smallest absolute Gasteiger partial charge is 0.330 e. The number of aliphatic hydroxyl groups excluding tert-OH is 1. The van der Waals surface area contributed by atoms with Crippen LogP contribution in [0.5, 0.6) is 0 Å². The third-order valence-electron chi connectivity index (χ3n) is 5.10. The van der Waals surface area contributed by atoms with Crippen LogP contribution in [0.4, 0.5) is 0 Å². The Balaban J connectivity index is 2.54.